The van der Waals surface area contributed by atoms with E-state index >= 15 is 0 Å². The van der Waals surface area contributed by atoms with Gasteiger partial charge in [0, 0.05) is 18.9 Å². The van der Waals surface area contributed by atoms with Crippen LogP contribution in [-0.4, -0.2) is 17.5 Å². The van der Waals surface area contributed by atoms with Crippen molar-refractivity contribution in [3.8, 4) is 5.75 Å². The molecule has 0 spiro atoms. The summed E-state index contributed by atoms with van der Waals surface area (Å²) in [5, 5.41) is 2.82. The third-order valence-electron chi connectivity index (χ3n) is 3.27. The Morgan fingerprint density at radius 2 is 1.95 bits per heavy atom. The lowest BCUT2D eigenvalue weighted by molar-refractivity contribution is -0.123. The molecule has 1 aromatic heterocycles. The van der Waals surface area contributed by atoms with Gasteiger partial charge in [0.25, 0.3) is 5.91 Å². The number of pyridine rings is 1. The second kappa shape index (κ2) is 7.07. The van der Waals surface area contributed by atoms with Gasteiger partial charge in [-0.05, 0) is 28.7 Å². The van der Waals surface area contributed by atoms with Gasteiger partial charge >= 0.3 is 0 Å². The van der Waals surface area contributed by atoms with Crippen LogP contribution in [0.4, 0.5) is 0 Å². The van der Waals surface area contributed by atoms with Crippen molar-refractivity contribution < 1.29 is 9.53 Å². The Bertz CT molecular complexity index is 618. The number of aromatic nitrogens is 1. The number of ether oxygens (including phenoxy) is 1. The van der Waals surface area contributed by atoms with E-state index in [1.165, 1.54) is 0 Å². The first-order valence-electron chi connectivity index (χ1n) is 7.35. The van der Waals surface area contributed by atoms with Crippen LogP contribution in [0.3, 0.4) is 0 Å². The van der Waals surface area contributed by atoms with Gasteiger partial charge in [0.15, 0.2) is 6.61 Å². The van der Waals surface area contributed by atoms with Crippen molar-refractivity contribution in [2.24, 2.45) is 0 Å². The molecule has 0 saturated carbocycles. The fourth-order valence-corrected chi connectivity index (χ4v) is 2.11. The van der Waals surface area contributed by atoms with Crippen molar-refractivity contribution in [3.05, 3.63) is 59.9 Å². The van der Waals surface area contributed by atoms with Crippen LogP contribution < -0.4 is 10.1 Å². The molecule has 1 N–H and O–H groups in total. The first-order chi connectivity index (χ1) is 10.5. The molecule has 2 rings (SSSR count). The van der Waals surface area contributed by atoms with Gasteiger partial charge in [0.2, 0.25) is 0 Å². The van der Waals surface area contributed by atoms with Crippen LogP contribution in [0.15, 0.2) is 48.8 Å². The Morgan fingerprint density at radius 1 is 1.18 bits per heavy atom. The Morgan fingerprint density at radius 3 is 2.64 bits per heavy atom. The Kier molecular flexibility index (Phi) is 5.15. The molecule has 1 amide bonds. The number of nitrogens with one attached hydrogen (secondary N) is 1. The van der Waals surface area contributed by atoms with E-state index < -0.39 is 0 Å². The number of nitrogens with zero attached hydrogens (tertiary/aromatic N) is 1. The van der Waals surface area contributed by atoms with Crippen molar-refractivity contribution in [3.63, 3.8) is 0 Å². The number of hydrogen-bond acceptors (Lipinski definition) is 3. The Balaban J connectivity index is 1.89. The molecule has 1 aromatic carbocycles. The summed E-state index contributed by atoms with van der Waals surface area (Å²) in [6, 6.07) is 11.6. The van der Waals surface area contributed by atoms with Crippen LogP contribution >= 0.6 is 0 Å². The van der Waals surface area contributed by atoms with Gasteiger partial charge in [0.05, 0.1) is 0 Å². The van der Waals surface area contributed by atoms with Crippen LogP contribution in [0.2, 0.25) is 0 Å². The van der Waals surface area contributed by atoms with E-state index in [0.717, 1.165) is 16.9 Å². The molecule has 22 heavy (non-hydrogen) atoms. The van der Waals surface area contributed by atoms with E-state index in [1.54, 1.807) is 12.4 Å². The summed E-state index contributed by atoms with van der Waals surface area (Å²) in [5.74, 6) is 0.610. The molecule has 4 heteroatoms. The van der Waals surface area contributed by atoms with Gasteiger partial charge < -0.3 is 10.1 Å². The molecule has 0 fully saturated rings. The van der Waals surface area contributed by atoms with Crippen molar-refractivity contribution >= 4 is 5.91 Å². The van der Waals surface area contributed by atoms with Crippen LogP contribution in [0, 0.1) is 0 Å². The summed E-state index contributed by atoms with van der Waals surface area (Å²) in [6.07, 6.45) is 3.44. The smallest absolute Gasteiger partial charge is 0.258 e. The standard InChI is InChI=1S/C18H22N2O2/c1-18(2,3)15-8-4-5-9-16(15)22-13-17(21)20-12-14-7-6-10-19-11-14/h4-11H,12-13H2,1-3H3,(H,20,21). The molecular weight excluding hydrogens is 276 g/mol. The molecule has 0 aliphatic heterocycles. The second-order valence-electron chi connectivity index (χ2n) is 6.17. The normalized spacial score (nSPS) is 11.0. The van der Waals surface area contributed by atoms with Crippen molar-refractivity contribution in [1.82, 2.24) is 10.3 Å². The summed E-state index contributed by atoms with van der Waals surface area (Å²) in [4.78, 5) is 15.9. The van der Waals surface area contributed by atoms with E-state index in [1.807, 2.05) is 36.4 Å². The number of rotatable bonds is 5. The van der Waals surface area contributed by atoms with Crippen LogP contribution in [0.25, 0.3) is 0 Å². The highest BCUT2D eigenvalue weighted by Gasteiger charge is 2.18. The number of benzene rings is 1. The lowest BCUT2D eigenvalue weighted by Gasteiger charge is -2.22. The van der Waals surface area contributed by atoms with E-state index in [2.05, 4.69) is 31.1 Å². The van der Waals surface area contributed by atoms with E-state index in [9.17, 15) is 4.79 Å². The SMILES string of the molecule is CC(C)(C)c1ccccc1OCC(=O)NCc1cccnc1. The molecule has 4 nitrogen and oxygen atoms in total. The van der Waals surface area contributed by atoms with Crippen molar-refractivity contribution in [2.45, 2.75) is 32.7 Å². The topological polar surface area (TPSA) is 51.2 Å². The van der Waals surface area contributed by atoms with Gasteiger partial charge in [-0.15, -0.1) is 0 Å². The van der Waals surface area contributed by atoms with Gasteiger partial charge in [-0.3, -0.25) is 9.78 Å². The maximum Gasteiger partial charge on any atom is 0.258 e. The minimum Gasteiger partial charge on any atom is -0.483 e. The zero-order chi connectivity index (χ0) is 16.0. The molecule has 0 unspecified atom stereocenters. The first-order valence-corrected chi connectivity index (χ1v) is 7.35. The fraction of sp³-hybridized carbons (Fsp3) is 0.333. The highest BCUT2D eigenvalue weighted by atomic mass is 16.5. The summed E-state index contributed by atoms with van der Waals surface area (Å²) in [6.45, 7) is 6.83. The second-order valence-corrected chi connectivity index (χ2v) is 6.17. The maximum atomic E-state index is 11.9. The largest absolute Gasteiger partial charge is 0.483 e. The predicted octanol–water partition coefficient (Wildman–Crippen LogP) is 3.07. The first kappa shape index (κ1) is 16.0. The number of carbonyl (C=O) groups excluding carboxylic acids is 1. The molecule has 0 saturated heterocycles. The van der Waals surface area contributed by atoms with Crippen molar-refractivity contribution in [2.75, 3.05) is 6.61 Å². The summed E-state index contributed by atoms with van der Waals surface area (Å²) < 4.78 is 5.69. The van der Waals surface area contributed by atoms with E-state index in [4.69, 9.17) is 4.74 Å². The Hall–Kier alpha value is -2.36. The molecule has 0 bridgehead atoms. The highest BCUT2D eigenvalue weighted by Crippen LogP contribution is 2.30. The molecule has 0 radical (unpaired) electrons. The summed E-state index contributed by atoms with van der Waals surface area (Å²) >= 11 is 0. The predicted molar refractivity (Wildman–Crippen MR) is 86.7 cm³/mol. The van der Waals surface area contributed by atoms with Crippen molar-refractivity contribution in [1.29, 1.82) is 0 Å². The van der Waals surface area contributed by atoms with Crippen LogP contribution in [-0.2, 0) is 16.8 Å². The Labute approximate surface area is 131 Å². The molecule has 1 heterocycles. The highest BCUT2D eigenvalue weighted by molar-refractivity contribution is 5.77. The molecule has 2 aromatic rings. The van der Waals surface area contributed by atoms with E-state index in [-0.39, 0.29) is 17.9 Å². The van der Waals surface area contributed by atoms with Gasteiger partial charge in [-0.1, -0.05) is 45.0 Å². The molecule has 0 aliphatic carbocycles. The van der Waals surface area contributed by atoms with Gasteiger partial charge in [-0.25, -0.2) is 0 Å². The lowest BCUT2D eigenvalue weighted by Crippen LogP contribution is -2.29. The average Bonchev–Trinajstić information content (AvgIpc) is 2.51. The quantitative estimate of drug-likeness (QED) is 0.923. The van der Waals surface area contributed by atoms with Gasteiger partial charge in [-0.2, -0.15) is 0 Å². The fourth-order valence-electron chi connectivity index (χ4n) is 2.11. The summed E-state index contributed by atoms with van der Waals surface area (Å²) in [5.41, 5.74) is 2.03. The van der Waals surface area contributed by atoms with E-state index in [0.29, 0.717) is 6.54 Å². The maximum absolute atomic E-state index is 11.9. The number of hydrogen-bond donors (Lipinski definition) is 1. The number of para-hydroxylation sites is 1. The zero-order valence-electron chi connectivity index (χ0n) is 13.3. The minimum absolute atomic E-state index is 0.00730. The number of amides is 1. The summed E-state index contributed by atoms with van der Waals surface area (Å²) in [7, 11) is 0. The van der Waals surface area contributed by atoms with Crippen LogP contribution in [0.1, 0.15) is 31.9 Å². The average molecular weight is 298 g/mol. The number of carbonyl (C=O) groups is 1. The third kappa shape index (κ3) is 4.58. The lowest BCUT2D eigenvalue weighted by atomic mass is 9.86. The third-order valence-corrected chi connectivity index (χ3v) is 3.27. The molecule has 0 atom stereocenters. The zero-order valence-corrected chi connectivity index (χ0v) is 13.3. The monoisotopic (exact) mass is 298 g/mol. The minimum atomic E-state index is -0.146. The molecule has 0 aliphatic rings. The molecule has 116 valence electrons. The molecular formula is C18H22N2O2. The van der Waals surface area contributed by atoms with Crippen LogP contribution in [0.5, 0.6) is 5.75 Å². The van der Waals surface area contributed by atoms with Gasteiger partial charge in [0.1, 0.15) is 5.75 Å².